The molecule has 0 saturated carbocycles. The van der Waals surface area contributed by atoms with E-state index in [4.69, 9.17) is 21.2 Å². The summed E-state index contributed by atoms with van der Waals surface area (Å²) in [5, 5.41) is 3.48. The number of halogens is 1. The van der Waals surface area contributed by atoms with Gasteiger partial charge in [-0.2, -0.15) is 9.59 Å². The zero-order valence-corrected chi connectivity index (χ0v) is 15.3. The van der Waals surface area contributed by atoms with Gasteiger partial charge in [-0.05, 0) is 41.3 Å². The van der Waals surface area contributed by atoms with Crippen LogP contribution in [0.2, 0.25) is 5.02 Å². The molecule has 3 rings (SSSR count). The quantitative estimate of drug-likeness (QED) is 0.678. The van der Waals surface area contributed by atoms with Gasteiger partial charge in [-0.15, -0.1) is 0 Å². The fourth-order valence-electron chi connectivity index (χ4n) is 2.54. The molecule has 3 aromatic rings. The van der Waals surface area contributed by atoms with Crippen LogP contribution in [0, 0.1) is 0 Å². The minimum Gasteiger partial charge on any atom is -0.326 e. The zero-order valence-electron chi connectivity index (χ0n) is 14.5. The molecule has 0 unspecified atom stereocenters. The Labute approximate surface area is 162 Å². The lowest BCUT2D eigenvalue weighted by molar-refractivity contribution is -0.191. The van der Waals surface area contributed by atoms with E-state index in [1.807, 2.05) is 30.3 Å². The van der Waals surface area contributed by atoms with Crippen LogP contribution in [0.1, 0.15) is 12.0 Å². The second-order valence-corrected chi connectivity index (χ2v) is 6.14. The Morgan fingerprint density at radius 2 is 1.48 bits per heavy atom. The fraction of sp³-hybridized carbons (Fsp3) is 0.0909. The Balaban J connectivity index is 0.000000817. The molecular weight excluding hydrogens is 362 g/mol. The Kier molecular flexibility index (Phi) is 7.98. The summed E-state index contributed by atoms with van der Waals surface area (Å²) in [5.41, 5.74) is 4.26. The number of carbonyl (C=O) groups excluding carboxylic acids is 3. The van der Waals surface area contributed by atoms with Crippen molar-refractivity contribution in [2.75, 3.05) is 5.32 Å². The molecule has 0 saturated heterocycles. The fourth-order valence-corrected chi connectivity index (χ4v) is 2.73. The first-order chi connectivity index (χ1) is 13.1. The largest absolute Gasteiger partial charge is 0.373 e. The Hall–Kier alpha value is -3.20. The molecule has 0 aliphatic rings. The highest BCUT2D eigenvalue weighted by atomic mass is 35.5. The Morgan fingerprint density at radius 3 is 2.11 bits per heavy atom. The summed E-state index contributed by atoms with van der Waals surface area (Å²) < 4.78 is 0. The second-order valence-electron chi connectivity index (χ2n) is 5.70. The maximum Gasteiger partial charge on any atom is 0.373 e. The number of hydrogen-bond donors (Lipinski definition) is 1. The molecule has 1 amide bonds. The van der Waals surface area contributed by atoms with Crippen molar-refractivity contribution < 1.29 is 14.4 Å². The van der Waals surface area contributed by atoms with Gasteiger partial charge < -0.3 is 5.32 Å². The third-order valence-electron chi connectivity index (χ3n) is 3.81. The first kappa shape index (κ1) is 20.1. The first-order valence-corrected chi connectivity index (χ1v) is 8.69. The molecule has 1 N–H and O–H groups in total. The van der Waals surface area contributed by atoms with Crippen LogP contribution in [0.5, 0.6) is 0 Å². The van der Waals surface area contributed by atoms with E-state index in [1.165, 1.54) is 11.1 Å². The van der Waals surface area contributed by atoms with Gasteiger partial charge in [0.2, 0.25) is 5.91 Å². The third-order valence-corrected chi connectivity index (χ3v) is 4.05. The number of nitrogens with one attached hydrogen (secondary N) is 1. The van der Waals surface area contributed by atoms with Crippen LogP contribution in [-0.4, -0.2) is 12.1 Å². The van der Waals surface area contributed by atoms with E-state index in [0.29, 0.717) is 17.9 Å². The summed E-state index contributed by atoms with van der Waals surface area (Å²) in [4.78, 5) is 28.3. The minimum absolute atomic E-state index is 0.00981. The number of hydrogen-bond acceptors (Lipinski definition) is 3. The van der Waals surface area contributed by atoms with Crippen molar-refractivity contribution >= 4 is 29.3 Å². The van der Waals surface area contributed by atoms with Gasteiger partial charge in [-0.1, -0.05) is 72.3 Å². The number of benzene rings is 3. The van der Waals surface area contributed by atoms with Crippen LogP contribution in [0.15, 0.2) is 78.9 Å². The van der Waals surface area contributed by atoms with Crippen LogP contribution in [0.3, 0.4) is 0 Å². The van der Waals surface area contributed by atoms with Gasteiger partial charge in [0.25, 0.3) is 0 Å². The van der Waals surface area contributed by atoms with Gasteiger partial charge in [0.1, 0.15) is 0 Å². The lowest BCUT2D eigenvalue weighted by Gasteiger charge is -2.07. The number of aryl methyl sites for hydroxylation is 1. The summed E-state index contributed by atoms with van der Waals surface area (Å²) in [6.07, 6.45) is 1.40. The van der Waals surface area contributed by atoms with Gasteiger partial charge in [0, 0.05) is 17.1 Å². The topological polar surface area (TPSA) is 63.2 Å². The van der Waals surface area contributed by atoms with E-state index < -0.39 is 0 Å². The standard InChI is InChI=1S/C21H18ClNO.CO2/c22-19-7-4-8-20(15-19)23-21(24)14-11-16-9-12-18(13-10-16)17-5-2-1-3-6-17;2-1-3/h1-10,12-13,15H,11,14H2,(H,23,24);. The Bertz CT molecular complexity index is 902. The highest BCUT2D eigenvalue weighted by Crippen LogP contribution is 2.20. The average molecular weight is 380 g/mol. The molecule has 0 spiro atoms. The molecule has 3 aromatic carbocycles. The molecule has 4 nitrogen and oxygen atoms in total. The predicted octanol–water partition coefficient (Wildman–Crippen LogP) is 4.99. The number of anilines is 1. The number of rotatable bonds is 5. The smallest absolute Gasteiger partial charge is 0.326 e. The van der Waals surface area contributed by atoms with Crippen LogP contribution < -0.4 is 5.32 Å². The highest BCUT2D eigenvalue weighted by molar-refractivity contribution is 6.30. The predicted molar refractivity (Wildman–Crippen MR) is 105 cm³/mol. The van der Waals surface area contributed by atoms with Gasteiger partial charge in [0.05, 0.1) is 0 Å². The zero-order chi connectivity index (χ0) is 19.5. The average Bonchev–Trinajstić information content (AvgIpc) is 2.68. The maximum atomic E-state index is 12.0. The normalized spacial score (nSPS) is 9.52. The third kappa shape index (κ3) is 6.90. The maximum absolute atomic E-state index is 12.0. The molecule has 0 aliphatic carbocycles. The van der Waals surface area contributed by atoms with Crippen LogP contribution in [0.4, 0.5) is 5.69 Å². The molecule has 0 aliphatic heterocycles. The molecule has 136 valence electrons. The van der Waals surface area contributed by atoms with E-state index >= 15 is 0 Å². The summed E-state index contributed by atoms with van der Waals surface area (Å²) in [7, 11) is 0. The molecule has 27 heavy (non-hydrogen) atoms. The lowest BCUT2D eigenvalue weighted by atomic mass is 10.0. The van der Waals surface area contributed by atoms with E-state index in [2.05, 4.69) is 41.7 Å². The summed E-state index contributed by atoms with van der Waals surface area (Å²) in [5.74, 6) is -0.00981. The lowest BCUT2D eigenvalue weighted by Crippen LogP contribution is -2.12. The highest BCUT2D eigenvalue weighted by Gasteiger charge is 2.04. The molecule has 0 heterocycles. The van der Waals surface area contributed by atoms with Crippen molar-refractivity contribution in [1.29, 1.82) is 0 Å². The van der Waals surface area contributed by atoms with Crippen LogP contribution in [0.25, 0.3) is 11.1 Å². The summed E-state index contributed by atoms with van der Waals surface area (Å²) in [6.45, 7) is 0. The first-order valence-electron chi connectivity index (χ1n) is 8.31. The molecule has 0 radical (unpaired) electrons. The Morgan fingerprint density at radius 1 is 0.852 bits per heavy atom. The number of amides is 1. The second kappa shape index (κ2) is 10.7. The molecule has 0 aromatic heterocycles. The van der Waals surface area contributed by atoms with Gasteiger partial charge in [0.15, 0.2) is 0 Å². The van der Waals surface area contributed by atoms with E-state index in [-0.39, 0.29) is 12.1 Å². The van der Waals surface area contributed by atoms with E-state index in [9.17, 15) is 4.79 Å². The van der Waals surface area contributed by atoms with E-state index in [0.717, 1.165) is 11.3 Å². The van der Waals surface area contributed by atoms with Gasteiger partial charge in [-0.25, -0.2) is 0 Å². The van der Waals surface area contributed by atoms with Crippen molar-refractivity contribution in [2.45, 2.75) is 12.8 Å². The van der Waals surface area contributed by atoms with Crippen molar-refractivity contribution in [3.63, 3.8) is 0 Å². The van der Waals surface area contributed by atoms with Crippen molar-refractivity contribution in [1.82, 2.24) is 0 Å². The minimum atomic E-state index is -0.00981. The van der Waals surface area contributed by atoms with Gasteiger partial charge >= 0.3 is 6.15 Å². The summed E-state index contributed by atoms with van der Waals surface area (Å²) in [6, 6.07) is 25.8. The molecule has 5 heteroatoms. The van der Waals surface area contributed by atoms with Crippen LogP contribution >= 0.6 is 11.6 Å². The monoisotopic (exact) mass is 379 g/mol. The van der Waals surface area contributed by atoms with Crippen LogP contribution in [-0.2, 0) is 20.8 Å². The molecule has 0 bridgehead atoms. The van der Waals surface area contributed by atoms with Gasteiger partial charge in [-0.3, -0.25) is 4.79 Å². The van der Waals surface area contributed by atoms with Crippen molar-refractivity contribution in [3.05, 3.63) is 89.4 Å². The van der Waals surface area contributed by atoms with Crippen molar-refractivity contribution in [2.24, 2.45) is 0 Å². The SMILES string of the molecule is O=C(CCc1ccc(-c2ccccc2)cc1)Nc1cccc(Cl)c1.O=C=O. The summed E-state index contributed by atoms with van der Waals surface area (Å²) >= 11 is 5.92. The molecule has 0 atom stereocenters. The molecule has 0 fully saturated rings. The molecular formula is C22H18ClNO3. The number of carbonyl (C=O) groups is 1. The van der Waals surface area contributed by atoms with Crippen molar-refractivity contribution in [3.8, 4) is 11.1 Å². The van der Waals surface area contributed by atoms with E-state index in [1.54, 1.807) is 12.1 Å².